The van der Waals surface area contributed by atoms with E-state index in [1.54, 1.807) is 0 Å². The van der Waals surface area contributed by atoms with Crippen LogP contribution in [-0.2, 0) is 10.3 Å². The summed E-state index contributed by atoms with van der Waals surface area (Å²) in [4.78, 5) is 19.3. The molecular weight excluding hydrogens is 422 g/mol. The molecule has 1 amide bonds. The minimum Gasteiger partial charge on any atom is -0.391 e. The van der Waals surface area contributed by atoms with Crippen LogP contribution >= 0.6 is 0 Å². The highest BCUT2D eigenvalue weighted by atomic mass is 19.4. The van der Waals surface area contributed by atoms with E-state index in [4.69, 9.17) is 20.5 Å². The molecule has 1 aliphatic rings. The van der Waals surface area contributed by atoms with Crippen LogP contribution < -0.4 is 15.8 Å². The number of amidine groups is 1. The number of benzene rings is 1. The lowest BCUT2D eigenvalue weighted by atomic mass is 9.86. The van der Waals surface area contributed by atoms with Crippen molar-refractivity contribution in [3.05, 3.63) is 53.5 Å². The van der Waals surface area contributed by atoms with Crippen LogP contribution in [0.4, 0.5) is 28.0 Å². The van der Waals surface area contributed by atoms with Gasteiger partial charge in [-0.3, -0.25) is 5.32 Å². The molecule has 31 heavy (non-hydrogen) atoms. The summed E-state index contributed by atoms with van der Waals surface area (Å²) in [6, 6.07) is 7.11. The second-order valence-corrected chi connectivity index (χ2v) is 6.47. The van der Waals surface area contributed by atoms with Crippen molar-refractivity contribution >= 4 is 17.6 Å². The highest BCUT2D eigenvalue weighted by Gasteiger charge is 2.58. The molecular formula is C19H15F4N5O3. The molecule has 2 heterocycles. The van der Waals surface area contributed by atoms with Gasteiger partial charge < -0.3 is 15.2 Å². The van der Waals surface area contributed by atoms with E-state index in [-0.39, 0.29) is 30.3 Å². The number of carbonyl (C=O) groups is 1. The first-order chi connectivity index (χ1) is 14.6. The first-order valence-corrected chi connectivity index (χ1v) is 8.78. The van der Waals surface area contributed by atoms with E-state index < -0.39 is 41.4 Å². The van der Waals surface area contributed by atoms with Gasteiger partial charge in [0.05, 0.1) is 12.2 Å². The third kappa shape index (κ3) is 4.72. The fourth-order valence-electron chi connectivity index (χ4n) is 2.95. The van der Waals surface area contributed by atoms with Crippen LogP contribution in [0.1, 0.15) is 17.5 Å². The summed E-state index contributed by atoms with van der Waals surface area (Å²) in [5.74, 6) is -1.76. The van der Waals surface area contributed by atoms with E-state index in [1.165, 1.54) is 18.3 Å². The van der Waals surface area contributed by atoms with Crippen molar-refractivity contribution in [1.29, 1.82) is 5.26 Å². The molecule has 1 atom stereocenters. The predicted octanol–water partition coefficient (Wildman–Crippen LogP) is 3.24. The normalized spacial score (nSPS) is 19.0. The molecule has 162 valence electrons. The van der Waals surface area contributed by atoms with Crippen LogP contribution in [0.2, 0.25) is 0 Å². The van der Waals surface area contributed by atoms with Gasteiger partial charge in [-0.15, -0.1) is 0 Å². The van der Waals surface area contributed by atoms with E-state index in [2.05, 4.69) is 15.3 Å². The van der Waals surface area contributed by atoms with Gasteiger partial charge in [-0.25, -0.2) is 19.2 Å². The average Bonchev–Trinajstić information content (AvgIpc) is 2.92. The highest BCUT2D eigenvalue weighted by Crippen LogP contribution is 2.47. The number of nitriles is 1. The third-order valence-corrected chi connectivity index (χ3v) is 4.38. The molecule has 1 unspecified atom stereocenters. The highest BCUT2D eigenvalue weighted by molar-refractivity contribution is 5.86. The molecule has 1 aromatic carbocycles. The second-order valence-electron chi connectivity index (χ2n) is 6.47. The second kappa shape index (κ2) is 8.57. The molecule has 8 nitrogen and oxygen atoms in total. The third-order valence-electron chi connectivity index (χ3n) is 4.38. The molecule has 0 saturated heterocycles. The SMILES string of the molecule is N#Cc1ccc(OC(=O)Nc2ccc(F)c(C3(C(F)(F)F)CCOCC(N)=N3)c2)nc1. The summed E-state index contributed by atoms with van der Waals surface area (Å²) in [6.45, 7) is -0.672. The smallest absolute Gasteiger partial charge is 0.391 e. The van der Waals surface area contributed by atoms with Crippen LogP contribution in [-0.4, -0.2) is 36.3 Å². The molecule has 0 spiro atoms. The minimum atomic E-state index is -4.99. The Labute approximate surface area is 173 Å². The lowest BCUT2D eigenvalue weighted by molar-refractivity contribution is -0.193. The number of hydrogen-bond donors (Lipinski definition) is 2. The summed E-state index contributed by atoms with van der Waals surface area (Å²) in [5, 5.41) is 10.9. The van der Waals surface area contributed by atoms with Gasteiger partial charge in [-0.1, -0.05) is 0 Å². The number of hydrogen-bond acceptors (Lipinski definition) is 7. The molecule has 3 rings (SSSR count). The number of aromatic nitrogens is 1. The number of carbonyl (C=O) groups excluding carboxylic acids is 1. The Morgan fingerprint density at radius 2 is 2.10 bits per heavy atom. The summed E-state index contributed by atoms with van der Waals surface area (Å²) >= 11 is 0. The van der Waals surface area contributed by atoms with Crippen LogP contribution in [0.15, 0.2) is 41.5 Å². The number of anilines is 1. The lowest BCUT2D eigenvalue weighted by Gasteiger charge is -2.32. The maximum Gasteiger partial charge on any atom is 0.418 e. The van der Waals surface area contributed by atoms with Crippen molar-refractivity contribution in [2.24, 2.45) is 10.7 Å². The number of pyridine rings is 1. The molecule has 0 radical (unpaired) electrons. The Hall–Kier alpha value is -3.72. The van der Waals surface area contributed by atoms with E-state index in [0.717, 1.165) is 18.2 Å². The van der Waals surface area contributed by atoms with Gasteiger partial charge in [0.15, 0.2) is 5.54 Å². The monoisotopic (exact) mass is 437 g/mol. The number of halogens is 4. The van der Waals surface area contributed by atoms with Crippen molar-refractivity contribution in [2.45, 2.75) is 18.1 Å². The fourth-order valence-corrected chi connectivity index (χ4v) is 2.95. The number of ether oxygens (including phenoxy) is 2. The summed E-state index contributed by atoms with van der Waals surface area (Å²) in [5.41, 5.74) is 1.78. The van der Waals surface area contributed by atoms with Crippen molar-refractivity contribution in [3.8, 4) is 11.9 Å². The van der Waals surface area contributed by atoms with Crippen LogP contribution in [0.5, 0.6) is 5.88 Å². The van der Waals surface area contributed by atoms with E-state index in [0.29, 0.717) is 0 Å². The number of aliphatic imine (C=N–C) groups is 1. The minimum absolute atomic E-state index is 0.149. The molecule has 0 aliphatic carbocycles. The van der Waals surface area contributed by atoms with E-state index in [9.17, 15) is 22.4 Å². The van der Waals surface area contributed by atoms with Gasteiger partial charge in [-0.2, -0.15) is 18.4 Å². The molecule has 1 aromatic heterocycles. The Kier molecular flexibility index (Phi) is 6.07. The average molecular weight is 437 g/mol. The van der Waals surface area contributed by atoms with Gasteiger partial charge in [0.25, 0.3) is 0 Å². The topological polar surface area (TPSA) is 123 Å². The largest absolute Gasteiger partial charge is 0.418 e. The van der Waals surface area contributed by atoms with Gasteiger partial charge in [0.2, 0.25) is 5.88 Å². The van der Waals surface area contributed by atoms with Gasteiger partial charge >= 0.3 is 12.3 Å². The summed E-state index contributed by atoms with van der Waals surface area (Å²) in [6.07, 6.45) is -5.60. The van der Waals surface area contributed by atoms with Crippen LogP contribution in [0.25, 0.3) is 0 Å². The first-order valence-electron chi connectivity index (χ1n) is 8.78. The van der Waals surface area contributed by atoms with Crippen molar-refractivity contribution < 1.29 is 31.8 Å². The standard InChI is InChI=1S/C19H15F4N5O3/c20-14-3-2-12(27-17(29)31-16-4-1-11(8-24)9-26-16)7-13(14)18(19(21,22)23)5-6-30-10-15(25)28-18/h1-4,7,9H,5-6,10H2,(H2,25,28)(H,27,29). The molecule has 0 bridgehead atoms. The molecule has 2 aromatic rings. The number of nitrogens with one attached hydrogen (secondary N) is 1. The molecule has 1 aliphatic heterocycles. The number of rotatable bonds is 3. The van der Waals surface area contributed by atoms with Gasteiger partial charge in [0, 0.05) is 29.9 Å². The Morgan fingerprint density at radius 1 is 1.32 bits per heavy atom. The van der Waals surface area contributed by atoms with Crippen LogP contribution in [0, 0.1) is 17.1 Å². The Morgan fingerprint density at radius 3 is 2.74 bits per heavy atom. The number of nitrogens with zero attached hydrogens (tertiary/aromatic N) is 3. The zero-order valence-corrected chi connectivity index (χ0v) is 15.7. The van der Waals surface area contributed by atoms with Gasteiger partial charge in [-0.05, 0) is 24.3 Å². The summed E-state index contributed by atoms with van der Waals surface area (Å²) in [7, 11) is 0. The van der Waals surface area contributed by atoms with Gasteiger partial charge in [0.1, 0.15) is 24.3 Å². The zero-order valence-electron chi connectivity index (χ0n) is 15.7. The van der Waals surface area contributed by atoms with Crippen molar-refractivity contribution in [2.75, 3.05) is 18.5 Å². The van der Waals surface area contributed by atoms with Crippen molar-refractivity contribution in [1.82, 2.24) is 4.98 Å². The zero-order chi connectivity index (χ0) is 22.6. The number of amides is 1. The number of alkyl halides is 3. The fraction of sp³-hybridized carbons (Fsp3) is 0.263. The van der Waals surface area contributed by atoms with E-state index in [1.807, 2.05) is 6.07 Å². The van der Waals surface area contributed by atoms with Crippen molar-refractivity contribution in [3.63, 3.8) is 0 Å². The maximum absolute atomic E-state index is 14.5. The number of nitrogens with two attached hydrogens (primary N) is 1. The quantitative estimate of drug-likeness (QED) is 0.711. The molecule has 3 N–H and O–H groups in total. The molecule has 0 fully saturated rings. The lowest BCUT2D eigenvalue weighted by Crippen LogP contribution is -2.43. The predicted molar refractivity (Wildman–Crippen MR) is 99.8 cm³/mol. The molecule has 0 saturated carbocycles. The van der Waals surface area contributed by atoms with E-state index >= 15 is 0 Å². The Bertz CT molecular complexity index is 1050. The molecule has 12 heteroatoms. The summed E-state index contributed by atoms with van der Waals surface area (Å²) < 4.78 is 66.5. The maximum atomic E-state index is 14.5. The van der Waals surface area contributed by atoms with Crippen LogP contribution in [0.3, 0.4) is 0 Å². The Balaban J connectivity index is 1.90. The first kappa shape index (κ1) is 22.0.